The van der Waals surface area contributed by atoms with Crippen molar-refractivity contribution in [2.75, 3.05) is 7.11 Å². The van der Waals surface area contributed by atoms with E-state index in [-0.39, 0.29) is 22.7 Å². The van der Waals surface area contributed by atoms with Crippen LogP contribution in [0, 0.1) is 5.82 Å². The minimum atomic E-state index is -1.31. The molecule has 0 amide bonds. The van der Waals surface area contributed by atoms with E-state index in [9.17, 15) is 14.3 Å². The highest BCUT2D eigenvalue weighted by Crippen LogP contribution is 2.26. The van der Waals surface area contributed by atoms with Crippen molar-refractivity contribution < 1.29 is 24.1 Å². The fourth-order valence-corrected chi connectivity index (χ4v) is 1.70. The Balaban J connectivity index is 2.38. The third-order valence-corrected chi connectivity index (χ3v) is 2.64. The summed E-state index contributed by atoms with van der Waals surface area (Å²) >= 11 is 0. The van der Waals surface area contributed by atoms with E-state index in [1.54, 1.807) is 0 Å². The first kappa shape index (κ1) is 13.0. The standard InChI is InChI=1S/C12H11FN2O4/c1-19-8-3-2-6(4-7(8)13)11(16)9-10(12(17)18)15-5-14-9/h2-5,11,16H,1H3,(H,14,15)(H,17,18). The van der Waals surface area contributed by atoms with E-state index in [1.807, 2.05) is 0 Å². The van der Waals surface area contributed by atoms with Gasteiger partial charge in [0, 0.05) is 0 Å². The van der Waals surface area contributed by atoms with E-state index in [2.05, 4.69) is 9.97 Å². The SMILES string of the molecule is COc1ccc(C(O)c2[nH]cnc2C(=O)O)cc1F. The number of rotatable bonds is 4. The lowest BCUT2D eigenvalue weighted by atomic mass is 10.0. The molecule has 1 atom stereocenters. The second-order valence-corrected chi connectivity index (χ2v) is 3.77. The Hall–Kier alpha value is -2.41. The number of hydrogen-bond donors (Lipinski definition) is 3. The first-order chi connectivity index (χ1) is 9.04. The van der Waals surface area contributed by atoms with E-state index in [0.29, 0.717) is 0 Å². The first-order valence-corrected chi connectivity index (χ1v) is 5.32. The van der Waals surface area contributed by atoms with Crippen LogP contribution in [0.3, 0.4) is 0 Å². The lowest BCUT2D eigenvalue weighted by Crippen LogP contribution is -2.08. The Kier molecular flexibility index (Phi) is 3.48. The number of methoxy groups -OCH3 is 1. The molecule has 19 heavy (non-hydrogen) atoms. The Morgan fingerprint density at radius 3 is 2.84 bits per heavy atom. The summed E-state index contributed by atoms with van der Waals surface area (Å²) in [6, 6.07) is 3.87. The molecule has 0 saturated carbocycles. The summed E-state index contributed by atoms with van der Waals surface area (Å²) in [6.45, 7) is 0. The number of nitrogens with zero attached hydrogens (tertiary/aromatic N) is 1. The zero-order chi connectivity index (χ0) is 14.0. The number of carbonyl (C=O) groups is 1. The first-order valence-electron chi connectivity index (χ1n) is 5.32. The van der Waals surface area contributed by atoms with Crippen LogP contribution in [0.15, 0.2) is 24.5 Å². The molecule has 100 valence electrons. The molecule has 7 heteroatoms. The molecular weight excluding hydrogens is 255 g/mol. The zero-order valence-corrected chi connectivity index (χ0v) is 9.92. The minimum Gasteiger partial charge on any atom is -0.494 e. The summed E-state index contributed by atoms with van der Waals surface area (Å²) in [5, 5.41) is 19.0. The molecule has 0 radical (unpaired) electrons. The van der Waals surface area contributed by atoms with Crippen LogP contribution in [0.5, 0.6) is 5.75 Å². The number of hydrogen-bond acceptors (Lipinski definition) is 4. The molecule has 0 bridgehead atoms. The van der Waals surface area contributed by atoms with Crippen LogP contribution < -0.4 is 4.74 Å². The summed E-state index contributed by atoms with van der Waals surface area (Å²) in [7, 11) is 1.33. The van der Waals surface area contributed by atoms with Gasteiger partial charge in [-0.1, -0.05) is 6.07 Å². The fourth-order valence-electron chi connectivity index (χ4n) is 1.70. The summed E-state index contributed by atoms with van der Waals surface area (Å²) < 4.78 is 18.3. The molecule has 1 aromatic heterocycles. The van der Waals surface area contributed by atoms with Gasteiger partial charge in [0.05, 0.1) is 19.1 Å². The maximum Gasteiger partial charge on any atom is 0.356 e. The largest absolute Gasteiger partial charge is 0.494 e. The van der Waals surface area contributed by atoms with Crippen molar-refractivity contribution in [1.82, 2.24) is 9.97 Å². The summed E-state index contributed by atoms with van der Waals surface area (Å²) in [5.41, 5.74) is -0.106. The highest BCUT2D eigenvalue weighted by Gasteiger charge is 2.22. The van der Waals surface area contributed by atoms with Crippen LogP contribution in [0.2, 0.25) is 0 Å². The van der Waals surface area contributed by atoms with Crippen LogP contribution in [-0.2, 0) is 0 Å². The number of halogens is 1. The predicted molar refractivity (Wildman–Crippen MR) is 62.6 cm³/mol. The molecule has 3 N–H and O–H groups in total. The molecule has 0 aliphatic carbocycles. The molecule has 2 rings (SSSR count). The van der Waals surface area contributed by atoms with Crippen LogP contribution >= 0.6 is 0 Å². The molecule has 1 heterocycles. The summed E-state index contributed by atoms with van der Waals surface area (Å²) in [6.07, 6.45) is -0.156. The lowest BCUT2D eigenvalue weighted by Gasteiger charge is -2.11. The molecule has 1 unspecified atom stereocenters. The Morgan fingerprint density at radius 2 is 2.26 bits per heavy atom. The van der Waals surface area contributed by atoms with E-state index in [4.69, 9.17) is 9.84 Å². The number of aliphatic hydroxyl groups is 1. The number of aromatic carboxylic acids is 1. The Morgan fingerprint density at radius 1 is 1.53 bits per heavy atom. The minimum absolute atomic E-state index is 0.00272. The number of ether oxygens (including phenoxy) is 1. The van der Waals surface area contributed by atoms with Crippen molar-refractivity contribution in [2.45, 2.75) is 6.10 Å². The topological polar surface area (TPSA) is 95.4 Å². The van der Waals surface area contributed by atoms with Crippen LogP contribution in [0.25, 0.3) is 0 Å². The molecule has 6 nitrogen and oxygen atoms in total. The number of H-pyrrole nitrogens is 1. The molecule has 0 spiro atoms. The number of aromatic nitrogens is 2. The third-order valence-electron chi connectivity index (χ3n) is 2.64. The van der Waals surface area contributed by atoms with Crippen LogP contribution in [-0.4, -0.2) is 33.3 Å². The highest BCUT2D eigenvalue weighted by atomic mass is 19.1. The molecule has 0 aliphatic heterocycles. The smallest absolute Gasteiger partial charge is 0.356 e. The highest BCUT2D eigenvalue weighted by molar-refractivity contribution is 5.86. The number of benzene rings is 1. The van der Waals surface area contributed by atoms with Crippen LogP contribution in [0.4, 0.5) is 4.39 Å². The zero-order valence-electron chi connectivity index (χ0n) is 9.92. The van der Waals surface area contributed by atoms with Gasteiger partial charge >= 0.3 is 5.97 Å². The van der Waals surface area contributed by atoms with Gasteiger partial charge in [0.1, 0.15) is 6.10 Å². The summed E-state index contributed by atoms with van der Waals surface area (Å²) in [4.78, 5) is 17.0. The van der Waals surface area contributed by atoms with Gasteiger partial charge in [0.2, 0.25) is 0 Å². The van der Waals surface area contributed by atoms with Crippen molar-refractivity contribution in [1.29, 1.82) is 0 Å². The number of nitrogens with one attached hydrogen (secondary N) is 1. The van der Waals surface area contributed by atoms with Crippen molar-refractivity contribution >= 4 is 5.97 Å². The maximum absolute atomic E-state index is 13.5. The van der Waals surface area contributed by atoms with E-state index < -0.39 is 17.9 Å². The van der Waals surface area contributed by atoms with Crippen molar-refractivity contribution in [3.8, 4) is 5.75 Å². The van der Waals surface area contributed by atoms with Crippen molar-refractivity contribution in [3.05, 3.63) is 47.3 Å². The van der Waals surface area contributed by atoms with Gasteiger partial charge in [-0.15, -0.1) is 0 Å². The molecule has 2 aromatic rings. The second kappa shape index (κ2) is 5.07. The Labute approximate surface area is 107 Å². The Bertz CT molecular complexity index is 612. The van der Waals surface area contributed by atoms with Gasteiger partial charge in [-0.05, 0) is 17.7 Å². The molecule has 0 fully saturated rings. The molecular formula is C12H11FN2O4. The number of carboxylic acids is 1. The number of carboxylic acid groups (broad SMARTS) is 1. The lowest BCUT2D eigenvalue weighted by molar-refractivity contribution is 0.0685. The average Bonchev–Trinajstić information content (AvgIpc) is 2.87. The van der Waals surface area contributed by atoms with Gasteiger partial charge in [0.25, 0.3) is 0 Å². The second-order valence-electron chi connectivity index (χ2n) is 3.77. The number of imidazole rings is 1. The number of aromatic amines is 1. The van der Waals surface area contributed by atoms with Gasteiger partial charge in [-0.3, -0.25) is 0 Å². The van der Waals surface area contributed by atoms with Gasteiger partial charge < -0.3 is 19.9 Å². The van der Waals surface area contributed by atoms with E-state index >= 15 is 0 Å². The predicted octanol–water partition coefficient (Wildman–Crippen LogP) is 1.34. The maximum atomic E-state index is 13.5. The average molecular weight is 266 g/mol. The van der Waals surface area contributed by atoms with E-state index in [1.165, 1.54) is 19.2 Å². The van der Waals surface area contributed by atoms with Gasteiger partial charge in [-0.2, -0.15) is 0 Å². The molecule has 0 saturated heterocycles. The fraction of sp³-hybridized carbons (Fsp3) is 0.167. The van der Waals surface area contributed by atoms with Gasteiger partial charge in [-0.25, -0.2) is 14.2 Å². The summed E-state index contributed by atoms with van der Waals surface area (Å²) in [5.74, 6) is -1.88. The third kappa shape index (κ3) is 2.41. The van der Waals surface area contributed by atoms with Crippen LogP contribution in [0.1, 0.15) is 27.8 Å². The molecule has 0 aliphatic rings. The van der Waals surface area contributed by atoms with Crippen molar-refractivity contribution in [3.63, 3.8) is 0 Å². The van der Waals surface area contributed by atoms with Gasteiger partial charge in [0.15, 0.2) is 17.3 Å². The molecule has 1 aromatic carbocycles. The van der Waals surface area contributed by atoms with Crippen molar-refractivity contribution in [2.24, 2.45) is 0 Å². The normalized spacial score (nSPS) is 12.2. The van der Waals surface area contributed by atoms with E-state index in [0.717, 1.165) is 12.4 Å². The monoisotopic (exact) mass is 266 g/mol. The quantitative estimate of drug-likeness (QED) is 0.776. The number of aliphatic hydroxyl groups excluding tert-OH is 1.